The van der Waals surface area contributed by atoms with Gasteiger partial charge in [0.1, 0.15) is 0 Å². The lowest BCUT2D eigenvalue weighted by Crippen LogP contribution is -2.08. The van der Waals surface area contributed by atoms with Gasteiger partial charge in [0.05, 0.1) is 32.1 Å². The number of hydrogen-bond acceptors (Lipinski definition) is 5. The summed E-state index contributed by atoms with van der Waals surface area (Å²) in [6, 6.07) is 9.72. The van der Waals surface area contributed by atoms with Gasteiger partial charge < -0.3 is 19.3 Å². The van der Waals surface area contributed by atoms with Crippen molar-refractivity contribution in [2.75, 3.05) is 33.5 Å². The lowest BCUT2D eigenvalue weighted by Gasteiger charge is -2.10. The van der Waals surface area contributed by atoms with Crippen LogP contribution < -0.4 is 4.74 Å². The zero-order valence-electron chi connectivity index (χ0n) is 12.2. The third kappa shape index (κ3) is 4.67. The van der Waals surface area contributed by atoms with E-state index < -0.39 is 0 Å². The number of nitrogens with zero attached hydrogens (tertiary/aromatic N) is 1. The summed E-state index contributed by atoms with van der Waals surface area (Å²) in [5, 5.41) is 11.2. The number of fused-ring (bicyclic) bond motifs is 1. The van der Waals surface area contributed by atoms with Gasteiger partial charge in [-0.05, 0) is 17.5 Å². The molecule has 2 aromatic rings. The summed E-state index contributed by atoms with van der Waals surface area (Å²) >= 11 is 0. The van der Waals surface area contributed by atoms with Crippen molar-refractivity contribution in [1.29, 1.82) is 0 Å². The van der Waals surface area contributed by atoms with Crippen LogP contribution in [0, 0.1) is 0 Å². The number of aliphatic hydroxyl groups is 1. The fraction of sp³-hybridized carbons (Fsp3) is 0.438. The largest absolute Gasteiger partial charge is 0.477 e. The van der Waals surface area contributed by atoms with Gasteiger partial charge in [-0.2, -0.15) is 0 Å². The molecule has 5 nitrogen and oxygen atoms in total. The van der Waals surface area contributed by atoms with E-state index in [4.69, 9.17) is 14.2 Å². The Kier molecular flexibility index (Phi) is 6.40. The molecule has 0 fully saturated rings. The van der Waals surface area contributed by atoms with Crippen LogP contribution in [-0.4, -0.2) is 43.6 Å². The first kappa shape index (κ1) is 15.7. The molecule has 0 saturated carbocycles. The van der Waals surface area contributed by atoms with Gasteiger partial charge in [0, 0.05) is 25.5 Å². The number of benzene rings is 1. The summed E-state index contributed by atoms with van der Waals surface area (Å²) in [5.74, 6) is 0.564. The van der Waals surface area contributed by atoms with E-state index in [1.165, 1.54) is 0 Å². The van der Waals surface area contributed by atoms with Crippen LogP contribution in [0.2, 0.25) is 0 Å². The van der Waals surface area contributed by atoms with Crippen molar-refractivity contribution in [3.8, 4) is 5.88 Å². The lowest BCUT2D eigenvalue weighted by molar-refractivity contribution is 0.0642. The van der Waals surface area contributed by atoms with Crippen LogP contribution in [-0.2, 0) is 16.1 Å². The second kappa shape index (κ2) is 8.56. The summed E-state index contributed by atoms with van der Waals surface area (Å²) in [5.41, 5.74) is 0.611. The molecule has 0 amide bonds. The van der Waals surface area contributed by atoms with Gasteiger partial charge >= 0.3 is 0 Å². The highest BCUT2D eigenvalue weighted by Gasteiger charge is 2.06. The Balaban J connectivity index is 1.91. The molecule has 1 N–H and O–H groups in total. The van der Waals surface area contributed by atoms with Crippen LogP contribution in [0.4, 0.5) is 0 Å². The number of pyridine rings is 1. The van der Waals surface area contributed by atoms with Crippen molar-refractivity contribution in [2.45, 2.75) is 13.0 Å². The van der Waals surface area contributed by atoms with E-state index in [0.717, 1.165) is 17.2 Å². The van der Waals surface area contributed by atoms with Gasteiger partial charge in [0.2, 0.25) is 5.88 Å². The monoisotopic (exact) mass is 291 g/mol. The van der Waals surface area contributed by atoms with Crippen LogP contribution in [0.1, 0.15) is 12.1 Å². The van der Waals surface area contributed by atoms with Gasteiger partial charge in [-0.3, -0.25) is 0 Å². The van der Waals surface area contributed by atoms with Crippen LogP contribution in [0.15, 0.2) is 30.3 Å². The Labute approximate surface area is 124 Å². The zero-order chi connectivity index (χ0) is 14.9. The Bertz CT molecular complexity index is 559. The first-order valence-electron chi connectivity index (χ1n) is 7.04. The third-order valence-electron chi connectivity index (χ3n) is 3.02. The molecule has 5 heteroatoms. The Morgan fingerprint density at radius 3 is 2.76 bits per heavy atom. The molecule has 114 valence electrons. The predicted molar refractivity (Wildman–Crippen MR) is 80.5 cm³/mol. The molecule has 0 unspecified atom stereocenters. The highest BCUT2D eigenvalue weighted by atomic mass is 16.5. The molecule has 0 aliphatic carbocycles. The molecule has 0 atom stereocenters. The molecule has 2 rings (SSSR count). The molecule has 1 aromatic carbocycles. The molecule has 0 aliphatic rings. The van der Waals surface area contributed by atoms with Crippen LogP contribution in [0.25, 0.3) is 10.8 Å². The minimum Gasteiger partial charge on any atom is -0.477 e. The quantitative estimate of drug-likeness (QED) is 0.717. The molecule has 0 saturated heterocycles. The number of aliphatic hydroxyl groups excluding tert-OH is 1. The first-order chi connectivity index (χ1) is 10.3. The molecular weight excluding hydrogens is 270 g/mol. The predicted octanol–water partition coefficient (Wildman–Crippen LogP) is 2.16. The third-order valence-corrected chi connectivity index (χ3v) is 3.02. The Hall–Kier alpha value is -1.69. The summed E-state index contributed by atoms with van der Waals surface area (Å²) in [6.45, 7) is 2.25. The van der Waals surface area contributed by atoms with Crippen molar-refractivity contribution in [2.24, 2.45) is 0 Å². The van der Waals surface area contributed by atoms with E-state index >= 15 is 0 Å². The van der Waals surface area contributed by atoms with Crippen LogP contribution in [0.5, 0.6) is 5.88 Å². The number of methoxy groups -OCH3 is 1. The smallest absolute Gasteiger partial charge is 0.221 e. The van der Waals surface area contributed by atoms with Crippen molar-refractivity contribution in [1.82, 2.24) is 4.98 Å². The average molecular weight is 291 g/mol. The summed E-state index contributed by atoms with van der Waals surface area (Å²) in [4.78, 5) is 4.33. The fourth-order valence-corrected chi connectivity index (χ4v) is 1.99. The molecule has 1 heterocycles. The van der Waals surface area contributed by atoms with E-state index in [2.05, 4.69) is 4.98 Å². The van der Waals surface area contributed by atoms with E-state index in [1.807, 2.05) is 30.3 Å². The van der Waals surface area contributed by atoms with Crippen molar-refractivity contribution >= 4 is 10.8 Å². The highest BCUT2D eigenvalue weighted by Crippen LogP contribution is 2.24. The second-order valence-electron chi connectivity index (χ2n) is 4.61. The number of rotatable bonds is 9. The number of hydrogen-bond donors (Lipinski definition) is 1. The maximum absolute atomic E-state index is 9.26. The summed E-state index contributed by atoms with van der Waals surface area (Å²) in [6.07, 6.45) is 0.781. The molecule has 21 heavy (non-hydrogen) atoms. The van der Waals surface area contributed by atoms with Gasteiger partial charge in [0.15, 0.2) is 0 Å². The topological polar surface area (TPSA) is 60.8 Å². The maximum atomic E-state index is 9.26. The maximum Gasteiger partial charge on any atom is 0.221 e. The standard InChI is InChI=1S/C16H21NO4/c1-19-9-10-20-7-4-8-21-16-15-6-3-2-5-13(15)11-14(12-18)17-16/h2-3,5-6,11,18H,4,7-10,12H2,1H3. The molecule has 1 aromatic heterocycles. The van der Waals surface area contributed by atoms with E-state index in [9.17, 15) is 5.11 Å². The van der Waals surface area contributed by atoms with Crippen LogP contribution in [0.3, 0.4) is 0 Å². The average Bonchev–Trinajstić information content (AvgIpc) is 2.53. The molecular formula is C16H21NO4. The van der Waals surface area contributed by atoms with E-state index in [1.54, 1.807) is 7.11 Å². The lowest BCUT2D eigenvalue weighted by atomic mass is 10.1. The normalized spacial score (nSPS) is 11.0. The van der Waals surface area contributed by atoms with Gasteiger partial charge in [0.25, 0.3) is 0 Å². The second-order valence-corrected chi connectivity index (χ2v) is 4.61. The Morgan fingerprint density at radius 1 is 1.10 bits per heavy atom. The zero-order valence-corrected chi connectivity index (χ0v) is 12.2. The molecule has 0 spiro atoms. The number of ether oxygens (including phenoxy) is 3. The van der Waals surface area contributed by atoms with Gasteiger partial charge in [-0.1, -0.05) is 18.2 Å². The summed E-state index contributed by atoms with van der Waals surface area (Å²) < 4.78 is 16.0. The van der Waals surface area contributed by atoms with Gasteiger partial charge in [-0.15, -0.1) is 0 Å². The van der Waals surface area contributed by atoms with E-state index in [0.29, 0.717) is 38.0 Å². The van der Waals surface area contributed by atoms with E-state index in [-0.39, 0.29) is 6.61 Å². The molecule has 0 aliphatic heterocycles. The highest BCUT2D eigenvalue weighted by molar-refractivity contribution is 5.87. The molecule has 0 radical (unpaired) electrons. The van der Waals surface area contributed by atoms with Crippen LogP contribution >= 0.6 is 0 Å². The number of aromatic nitrogens is 1. The molecule has 0 bridgehead atoms. The minimum absolute atomic E-state index is 0.0959. The minimum atomic E-state index is -0.0959. The SMILES string of the molecule is COCCOCCCOc1nc(CO)cc2ccccc12. The van der Waals surface area contributed by atoms with Gasteiger partial charge in [-0.25, -0.2) is 4.98 Å². The Morgan fingerprint density at radius 2 is 1.95 bits per heavy atom. The first-order valence-corrected chi connectivity index (χ1v) is 7.04. The van der Waals surface area contributed by atoms with Crippen molar-refractivity contribution in [3.05, 3.63) is 36.0 Å². The van der Waals surface area contributed by atoms with Crippen molar-refractivity contribution < 1.29 is 19.3 Å². The fourth-order valence-electron chi connectivity index (χ4n) is 1.99. The van der Waals surface area contributed by atoms with Crippen molar-refractivity contribution in [3.63, 3.8) is 0 Å². The summed E-state index contributed by atoms with van der Waals surface area (Å²) in [7, 11) is 1.65.